The number of hydrogen-bond acceptors (Lipinski definition) is 5. The maximum Gasteiger partial charge on any atom is 0.240 e. The van der Waals surface area contributed by atoms with E-state index in [1.165, 1.54) is 5.56 Å². The summed E-state index contributed by atoms with van der Waals surface area (Å²) in [5.41, 5.74) is 5.83. The minimum absolute atomic E-state index is 0.328. The van der Waals surface area contributed by atoms with Crippen molar-refractivity contribution in [2.24, 2.45) is 5.84 Å². The number of nitrogen functional groups attached to an aromatic ring is 1. The number of nitrogens with two attached hydrogens (primary N) is 1. The fraction of sp³-hybridized carbons (Fsp3) is 0.231. The molecule has 0 aliphatic heterocycles. The Balaban J connectivity index is 2.33. The van der Waals surface area contributed by atoms with E-state index in [-0.39, 0.29) is 0 Å². The highest BCUT2D eigenvalue weighted by atomic mass is 16.5. The van der Waals surface area contributed by atoms with Crippen molar-refractivity contribution < 1.29 is 4.74 Å². The molecule has 0 unspecified atom stereocenters. The molecule has 0 saturated carbocycles. The molecule has 0 aliphatic rings. The molecule has 18 heavy (non-hydrogen) atoms. The fourth-order valence-electron chi connectivity index (χ4n) is 1.69. The minimum Gasteiger partial charge on any atom is -0.439 e. The molecule has 0 bridgehead atoms. The predicted molar refractivity (Wildman–Crippen MR) is 70.6 cm³/mol. The highest BCUT2D eigenvalue weighted by Gasteiger charge is 2.06. The molecule has 2 aromatic rings. The normalized spacial score (nSPS) is 10.2. The van der Waals surface area contributed by atoms with Crippen molar-refractivity contribution >= 4 is 5.95 Å². The number of hydrazine groups is 1. The molecule has 0 aliphatic carbocycles. The third kappa shape index (κ3) is 2.57. The van der Waals surface area contributed by atoms with Crippen LogP contribution in [0.4, 0.5) is 5.95 Å². The van der Waals surface area contributed by atoms with Crippen LogP contribution in [0.5, 0.6) is 11.6 Å². The van der Waals surface area contributed by atoms with Crippen LogP contribution in [0.1, 0.15) is 16.7 Å². The molecule has 0 amide bonds. The van der Waals surface area contributed by atoms with Crippen LogP contribution < -0.4 is 16.0 Å². The van der Waals surface area contributed by atoms with E-state index in [1.807, 2.05) is 19.9 Å². The largest absolute Gasteiger partial charge is 0.439 e. The first-order valence-corrected chi connectivity index (χ1v) is 5.65. The average Bonchev–Trinajstić information content (AvgIpc) is 2.35. The lowest BCUT2D eigenvalue weighted by molar-refractivity contribution is 0.458. The molecule has 5 nitrogen and oxygen atoms in total. The third-order valence-electron chi connectivity index (χ3n) is 2.74. The van der Waals surface area contributed by atoms with Crippen LogP contribution in [0.15, 0.2) is 24.4 Å². The van der Waals surface area contributed by atoms with Crippen molar-refractivity contribution in [2.45, 2.75) is 20.8 Å². The van der Waals surface area contributed by atoms with Crippen molar-refractivity contribution in [3.05, 3.63) is 41.1 Å². The summed E-state index contributed by atoms with van der Waals surface area (Å²) in [6.07, 6.45) is 1.59. The Morgan fingerprint density at radius 3 is 2.72 bits per heavy atom. The molecule has 0 saturated heterocycles. The maximum absolute atomic E-state index is 5.77. The second kappa shape index (κ2) is 5.01. The summed E-state index contributed by atoms with van der Waals surface area (Å²) in [6.45, 7) is 6.11. The highest BCUT2D eigenvalue weighted by Crippen LogP contribution is 2.27. The number of nitrogens with one attached hydrogen (secondary N) is 1. The molecule has 1 aromatic heterocycles. The Bertz CT molecular complexity index is 569. The lowest BCUT2D eigenvalue weighted by atomic mass is 10.1. The summed E-state index contributed by atoms with van der Waals surface area (Å²) < 4.78 is 5.77. The number of benzene rings is 1. The number of nitrogens with zero attached hydrogens (tertiary/aromatic N) is 2. The van der Waals surface area contributed by atoms with Crippen LogP contribution in [0.3, 0.4) is 0 Å². The van der Waals surface area contributed by atoms with E-state index in [1.54, 1.807) is 12.3 Å². The van der Waals surface area contributed by atoms with Crippen molar-refractivity contribution in [1.29, 1.82) is 0 Å². The van der Waals surface area contributed by atoms with E-state index in [0.717, 1.165) is 16.9 Å². The third-order valence-corrected chi connectivity index (χ3v) is 2.74. The van der Waals surface area contributed by atoms with Gasteiger partial charge < -0.3 is 4.74 Å². The highest BCUT2D eigenvalue weighted by molar-refractivity contribution is 5.43. The van der Waals surface area contributed by atoms with Gasteiger partial charge in [0.1, 0.15) is 5.75 Å². The Morgan fingerprint density at radius 2 is 2.00 bits per heavy atom. The van der Waals surface area contributed by atoms with Gasteiger partial charge in [-0.05, 0) is 43.5 Å². The van der Waals surface area contributed by atoms with Gasteiger partial charge in [-0.3, -0.25) is 5.43 Å². The molecule has 0 atom stereocenters. The summed E-state index contributed by atoms with van der Waals surface area (Å²) in [6, 6.07) is 5.80. The number of anilines is 1. The van der Waals surface area contributed by atoms with Crippen LogP contribution in [0.2, 0.25) is 0 Å². The number of hydrogen-bond donors (Lipinski definition) is 2. The Labute approximate surface area is 106 Å². The average molecular weight is 244 g/mol. The first-order chi connectivity index (χ1) is 8.60. The lowest BCUT2D eigenvalue weighted by Crippen LogP contribution is -2.10. The van der Waals surface area contributed by atoms with Gasteiger partial charge in [0.25, 0.3) is 0 Å². The molecule has 1 heterocycles. The van der Waals surface area contributed by atoms with Crippen molar-refractivity contribution in [3.8, 4) is 11.6 Å². The maximum atomic E-state index is 5.77. The Kier molecular flexibility index (Phi) is 3.43. The first-order valence-electron chi connectivity index (χ1n) is 5.65. The van der Waals surface area contributed by atoms with Crippen LogP contribution >= 0.6 is 0 Å². The molecule has 94 valence electrons. The molecule has 0 fully saturated rings. The summed E-state index contributed by atoms with van der Waals surface area (Å²) in [4.78, 5) is 8.05. The Hall–Kier alpha value is -2.14. The van der Waals surface area contributed by atoms with Gasteiger partial charge in [-0.1, -0.05) is 6.07 Å². The van der Waals surface area contributed by atoms with Crippen LogP contribution in [0, 0.1) is 20.8 Å². The van der Waals surface area contributed by atoms with Crippen LogP contribution in [0.25, 0.3) is 0 Å². The van der Waals surface area contributed by atoms with Crippen molar-refractivity contribution in [1.82, 2.24) is 9.97 Å². The predicted octanol–water partition coefficient (Wildman–Crippen LogP) is 2.48. The van der Waals surface area contributed by atoms with Gasteiger partial charge in [0.05, 0.1) is 0 Å². The summed E-state index contributed by atoms with van der Waals surface area (Å²) in [5, 5.41) is 0. The SMILES string of the molecule is Cc1cc(C)c(C)c(Oc2ccnc(NN)n2)c1. The first kappa shape index (κ1) is 12.3. The second-order valence-corrected chi connectivity index (χ2v) is 4.17. The summed E-state index contributed by atoms with van der Waals surface area (Å²) in [7, 11) is 0. The summed E-state index contributed by atoms with van der Waals surface area (Å²) >= 11 is 0. The zero-order valence-electron chi connectivity index (χ0n) is 10.7. The molecule has 3 N–H and O–H groups in total. The quantitative estimate of drug-likeness (QED) is 0.641. The number of rotatable bonds is 3. The van der Waals surface area contributed by atoms with Crippen molar-refractivity contribution in [3.63, 3.8) is 0 Å². The van der Waals surface area contributed by atoms with Gasteiger partial charge in [0.2, 0.25) is 11.8 Å². The van der Waals surface area contributed by atoms with E-state index in [0.29, 0.717) is 11.8 Å². The van der Waals surface area contributed by atoms with Gasteiger partial charge >= 0.3 is 0 Å². The van der Waals surface area contributed by atoms with Crippen molar-refractivity contribution in [2.75, 3.05) is 5.43 Å². The second-order valence-electron chi connectivity index (χ2n) is 4.17. The zero-order valence-corrected chi connectivity index (χ0v) is 10.7. The van der Waals surface area contributed by atoms with E-state index in [2.05, 4.69) is 28.4 Å². The monoisotopic (exact) mass is 244 g/mol. The summed E-state index contributed by atoms with van der Waals surface area (Å²) in [5.74, 6) is 6.85. The molecule has 1 aromatic carbocycles. The molecule has 2 rings (SSSR count). The smallest absolute Gasteiger partial charge is 0.240 e. The molecular formula is C13H16N4O. The Morgan fingerprint density at radius 1 is 1.22 bits per heavy atom. The molecule has 0 radical (unpaired) electrons. The van der Waals surface area contributed by atoms with Gasteiger partial charge in [0.15, 0.2) is 0 Å². The van der Waals surface area contributed by atoms with E-state index in [4.69, 9.17) is 10.6 Å². The van der Waals surface area contributed by atoms with Gasteiger partial charge in [0, 0.05) is 12.3 Å². The van der Waals surface area contributed by atoms with Crippen LogP contribution in [-0.2, 0) is 0 Å². The standard InChI is InChI=1S/C13H16N4O/c1-8-6-9(2)10(3)11(7-8)18-12-4-5-15-13(16-12)17-14/h4-7H,14H2,1-3H3,(H,15,16,17). The van der Waals surface area contributed by atoms with Crippen LogP contribution in [-0.4, -0.2) is 9.97 Å². The van der Waals surface area contributed by atoms with E-state index in [9.17, 15) is 0 Å². The number of aryl methyl sites for hydroxylation is 2. The fourth-order valence-corrected chi connectivity index (χ4v) is 1.69. The van der Waals surface area contributed by atoms with Gasteiger partial charge in [-0.25, -0.2) is 10.8 Å². The number of ether oxygens (including phenoxy) is 1. The van der Waals surface area contributed by atoms with Gasteiger partial charge in [-0.15, -0.1) is 0 Å². The van der Waals surface area contributed by atoms with E-state index < -0.39 is 0 Å². The zero-order chi connectivity index (χ0) is 13.1. The topological polar surface area (TPSA) is 73.1 Å². The molecule has 0 spiro atoms. The molecular weight excluding hydrogens is 228 g/mol. The minimum atomic E-state index is 0.328. The number of aromatic nitrogens is 2. The van der Waals surface area contributed by atoms with Gasteiger partial charge in [-0.2, -0.15) is 4.98 Å². The van der Waals surface area contributed by atoms with E-state index >= 15 is 0 Å². The lowest BCUT2D eigenvalue weighted by Gasteiger charge is -2.11. The molecule has 5 heteroatoms.